The van der Waals surface area contributed by atoms with Crippen LogP contribution in [0.5, 0.6) is 0 Å². The van der Waals surface area contributed by atoms with Gasteiger partial charge >= 0.3 is 0 Å². The third kappa shape index (κ3) is 4.46. The van der Waals surface area contributed by atoms with Gasteiger partial charge in [-0.3, -0.25) is 4.99 Å². The Kier molecular flexibility index (Phi) is 6.44. The summed E-state index contributed by atoms with van der Waals surface area (Å²) in [5.74, 6) is 0.877. The summed E-state index contributed by atoms with van der Waals surface area (Å²) in [6.45, 7) is 2.15. The van der Waals surface area contributed by atoms with E-state index in [0.29, 0.717) is 6.04 Å². The lowest BCUT2D eigenvalue weighted by atomic mass is 9.93. The number of rotatable bonds is 4. The van der Waals surface area contributed by atoms with E-state index in [1.165, 1.54) is 24.8 Å². The first-order chi connectivity index (χ1) is 10.8. The van der Waals surface area contributed by atoms with Gasteiger partial charge in [0.2, 0.25) is 0 Å². The quantitative estimate of drug-likeness (QED) is 0.449. The van der Waals surface area contributed by atoms with Crippen molar-refractivity contribution in [3.05, 3.63) is 48.3 Å². The average molecular weight is 425 g/mol. The molecular weight excluding hydrogens is 401 g/mol. The number of halogens is 1. The molecular formula is C17H24IN5. The van der Waals surface area contributed by atoms with Crippen molar-refractivity contribution in [2.24, 2.45) is 4.99 Å². The minimum Gasteiger partial charge on any atom is -0.354 e. The van der Waals surface area contributed by atoms with E-state index in [0.717, 1.165) is 11.6 Å². The van der Waals surface area contributed by atoms with Gasteiger partial charge in [0.1, 0.15) is 0 Å². The number of hydrogen-bond donors (Lipinski definition) is 2. The molecule has 1 unspecified atom stereocenters. The Balaban J connectivity index is 0.00000192. The zero-order valence-corrected chi connectivity index (χ0v) is 15.9. The van der Waals surface area contributed by atoms with E-state index in [2.05, 4.69) is 51.9 Å². The van der Waals surface area contributed by atoms with Crippen LogP contribution in [0, 0.1) is 0 Å². The van der Waals surface area contributed by atoms with Crippen molar-refractivity contribution < 1.29 is 0 Å². The minimum atomic E-state index is 0. The van der Waals surface area contributed by atoms with E-state index in [9.17, 15) is 0 Å². The van der Waals surface area contributed by atoms with Crippen LogP contribution < -0.4 is 10.6 Å². The third-order valence-electron chi connectivity index (χ3n) is 4.16. The largest absolute Gasteiger partial charge is 0.354 e. The molecule has 1 aromatic carbocycles. The molecule has 3 rings (SSSR count). The van der Waals surface area contributed by atoms with Crippen LogP contribution in [0.2, 0.25) is 0 Å². The molecule has 0 amide bonds. The van der Waals surface area contributed by atoms with Gasteiger partial charge in [0.15, 0.2) is 5.96 Å². The molecule has 0 bridgehead atoms. The second-order valence-corrected chi connectivity index (χ2v) is 5.76. The molecule has 1 aliphatic rings. The van der Waals surface area contributed by atoms with Gasteiger partial charge in [-0.05, 0) is 49.9 Å². The summed E-state index contributed by atoms with van der Waals surface area (Å²) in [7, 11) is 1.82. The van der Waals surface area contributed by atoms with E-state index in [1.54, 1.807) is 6.20 Å². The highest BCUT2D eigenvalue weighted by Crippen LogP contribution is 2.19. The number of aromatic nitrogens is 2. The van der Waals surface area contributed by atoms with Crippen molar-refractivity contribution in [3.8, 4) is 5.69 Å². The third-order valence-corrected chi connectivity index (χ3v) is 4.16. The number of guanidine groups is 1. The fraction of sp³-hybridized carbons (Fsp3) is 0.412. The summed E-state index contributed by atoms with van der Waals surface area (Å²) in [5.41, 5.74) is 2.28. The molecule has 0 saturated heterocycles. The Hall–Kier alpha value is -1.57. The Bertz CT molecular complexity index is 634. The molecule has 5 nitrogen and oxygen atoms in total. The van der Waals surface area contributed by atoms with Crippen LogP contribution in [-0.4, -0.2) is 28.8 Å². The maximum atomic E-state index is 4.32. The zero-order chi connectivity index (χ0) is 15.4. The molecule has 0 spiro atoms. The summed E-state index contributed by atoms with van der Waals surface area (Å²) >= 11 is 0. The van der Waals surface area contributed by atoms with Gasteiger partial charge in [-0.1, -0.05) is 12.1 Å². The minimum absolute atomic E-state index is 0. The van der Waals surface area contributed by atoms with E-state index in [4.69, 9.17) is 0 Å². The maximum Gasteiger partial charge on any atom is 0.191 e. The number of aliphatic imine (C=N–C) groups is 1. The Labute approximate surface area is 154 Å². The van der Waals surface area contributed by atoms with Gasteiger partial charge in [0.25, 0.3) is 0 Å². The van der Waals surface area contributed by atoms with Crippen molar-refractivity contribution in [3.63, 3.8) is 0 Å². The van der Waals surface area contributed by atoms with Gasteiger partial charge < -0.3 is 10.6 Å². The van der Waals surface area contributed by atoms with E-state index in [1.807, 2.05) is 24.0 Å². The summed E-state index contributed by atoms with van der Waals surface area (Å²) in [6, 6.07) is 11.1. The van der Waals surface area contributed by atoms with Crippen LogP contribution in [0.4, 0.5) is 0 Å². The van der Waals surface area contributed by atoms with Crippen LogP contribution >= 0.6 is 24.0 Å². The van der Waals surface area contributed by atoms with Crippen LogP contribution in [-0.2, 0) is 0 Å². The number of hydrogen-bond acceptors (Lipinski definition) is 2. The molecule has 1 aromatic heterocycles. The summed E-state index contributed by atoms with van der Waals surface area (Å²) in [6.07, 6.45) is 7.54. The molecule has 1 aliphatic carbocycles. The molecule has 2 aromatic rings. The molecule has 0 aliphatic heterocycles. The summed E-state index contributed by atoms with van der Waals surface area (Å²) in [4.78, 5) is 4.32. The monoisotopic (exact) mass is 425 g/mol. The Morgan fingerprint density at radius 3 is 2.78 bits per heavy atom. The zero-order valence-electron chi connectivity index (χ0n) is 13.6. The maximum absolute atomic E-state index is 4.32. The van der Waals surface area contributed by atoms with Crippen LogP contribution in [0.15, 0.2) is 47.7 Å². The highest BCUT2D eigenvalue weighted by atomic mass is 127. The Morgan fingerprint density at radius 2 is 2.17 bits per heavy atom. The van der Waals surface area contributed by atoms with Crippen molar-refractivity contribution >= 4 is 29.9 Å². The van der Waals surface area contributed by atoms with Crippen LogP contribution in [0.1, 0.15) is 37.8 Å². The first kappa shape index (κ1) is 17.8. The molecule has 23 heavy (non-hydrogen) atoms. The van der Waals surface area contributed by atoms with Gasteiger partial charge in [0, 0.05) is 25.5 Å². The summed E-state index contributed by atoms with van der Waals surface area (Å²) in [5, 5.41) is 11.2. The number of nitrogens with one attached hydrogen (secondary N) is 2. The first-order valence-electron chi connectivity index (χ1n) is 7.86. The van der Waals surface area contributed by atoms with Gasteiger partial charge in [0.05, 0.1) is 11.7 Å². The lowest BCUT2D eigenvalue weighted by molar-refractivity contribution is 0.378. The van der Waals surface area contributed by atoms with Crippen LogP contribution in [0.25, 0.3) is 5.69 Å². The normalized spacial score (nSPS) is 16.2. The lowest BCUT2D eigenvalue weighted by Gasteiger charge is -2.29. The first-order valence-corrected chi connectivity index (χ1v) is 7.86. The fourth-order valence-electron chi connectivity index (χ4n) is 2.56. The highest BCUT2D eigenvalue weighted by molar-refractivity contribution is 14.0. The van der Waals surface area contributed by atoms with Gasteiger partial charge in [-0.2, -0.15) is 5.10 Å². The van der Waals surface area contributed by atoms with Crippen molar-refractivity contribution in [2.75, 3.05) is 7.05 Å². The molecule has 6 heteroatoms. The van der Waals surface area contributed by atoms with E-state index < -0.39 is 0 Å². The second kappa shape index (κ2) is 8.33. The summed E-state index contributed by atoms with van der Waals surface area (Å²) < 4.78 is 1.87. The van der Waals surface area contributed by atoms with E-state index in [-0.39, 0.29) is 30.0 Å². The van der Waals surface area contributed by atoms with Crippen molar-refractivity contribution in [1.29, 1.82) is 0 Å². The molecule has 1 atom stereocenters. The SMILES string of the molecule is CN=C(NC1CCC1)NC(C)c1cccc(-n2cccn2)c1.I. The Morgan fingerprint density at radius 1 is 1.35 bits per heavy atom. The molecule has 1 saturated carbocycles. The van der Waals surface area contributed by atoms with E-state index >= 15 is 0 Å². The van der Waals surface area contributed by atoms with Crippen LogP contribution in [0.3, 0.4) is 0 Å². The average Bonchev–Trinajstić information content (AvgIpc) is 3.04. The second-order valence-electron chi connectivity index (χ2n) is 5.76. The van der Waals surface area contributed by atoms with Gasteiger partial charge in [-0.15, -0.1) is 24.0 Å². The topological polar surface area (TPSA) is 54.2 Å². The van der Waals surface area contributed by atoms with Gasteiger partial charge in [-0.25, -0.2) is 4.68 Å². The molecule has 0 radical (unpaired) electrons. The standard InChI is InChI=1S/C17H23N5.HI/c1-13(20-17(18-2)21-15-7-4-8-15)14-6-3-9-16(12-14)22-11-5-10-19-22;/h3,5-6,9-13,15H,4,7-8H2,1-2H3,(H2,18,20,21);1H. The smallest absolute Gasteiger partial charge is 0.191 e. The molecule has 2 N–H and O–H groups in total. The molecule has 1 fully saturated rings. The number of benzene rings is 1. The van der Waals surface area contributed by atoms with Crippen molar-refractivity contribution in [1.82, 2.24) is 20.4 Å². The highest BCUT2D eigenvalue weighted by Gasteiger charge is 2.19. The fourth-order valence-corrected chi connectivity index (χ4v) is 2.56. The molecule has 1 heterocycles. The predicted octanol–water partition coefficient (Wildman–Crippen LogP) is 3.27. The number of nitrogens with zero attached hydrogens (tertiary/aromatic N) is 3. The molecule has 124 valence electrons. The van der Waals surface area contributed by atoms with Crippen molar-refractivity contribution in [2.45, 2.75) is 38.3 Å². The predicted molar refractivity (Wildman–Crippen MR) is 105 cm³/mol. The lowest BCUT2D eigenvalue weighted by Crippen LogP contribution is -2.46.